The minimum absolute atomic E-state index is 0.172. The second-order valence-electron chi connectivity index (χ2n) is 4.83. The van der Waals surface area contributed by atoms with Gasteiger partial charge in [0.15, 0.2) is 5.82 Å². The zero-order valence-corrected chi connectivity index (χ0v) is 13.6. The fourth-order valence-corrected chi connectivity index (χ4v) is 3.33. The largest absolute Gasteiger partial charge is 0.321 e. The van der Waals surface area contributed by atoms with Gasteiger partial charge in [-0.25, -0.2) is 9.07 Å². The Morgan fingerprint density at radius 1 is 1.36 bits per heavy atom. The van der Waals surface area contributed by atoms with E-state index in [-0.39, 0.29) is 11.9 Å². The van der Waals surface area contributed by atoms with Crippen LogP contribution >= 0.6 is 23.5 Å². The molecular formula is C14H16FN5S2. The number of halogens is 1. The second kappa shape index (κ2) is 6.72. The van der Waals surface area contributed by atoms with Crippen LogP contribution in [0.15, 0.2) is 34.8 Å². The van der Waals surface area contributed by atoms with E-state index < -0.39 is 0 Å². The number of nitrogens with two attached hydrogens (primary N) is 1. The van der Waals surface area contributed by atoms with E-state index in [9.17, 15) is 4.39 Å². The molecule has 22 heavy (non-hydrogen) atoms. The number of benzene rings is 1. The number of hydrogen-bond donors (Lipinski definition) is 2. The van der Waals surface area contributed by atoms with Gasteiger partial charge in [0.05, 0.1) is 11.7 Å². The molecule has 116 valence electrons. The van der Waals surface area contributed by atoms with Crippen molar-refractivity contribution in [1.29, 1.82) is 0 Å². The van der Waals surface area contributed by atoms with Crippen LogP contribution in [-0.4, -0.2) is 26.9 Å². The number of hydrogen-bond acceptors (Lipinski definition) is 6. The van der Waals surface area contributed by atoms with E-state index in [1.807, 2.05) is 10.1 Å². The molecule has 2 aromatic rings. The Hall–Kier alpha value is -1.51. The number of nitrogens with zero attached hydrogens (tertiary/aromatic N) is 3. The predicted molar refractivity (Wildman–Crippen MR) is 89.5 cm³/mol. The van der Waals surface area contributed by atoms with Gasteiger partial charge in [0, 0.05) is 11.0 Å². The molecule has 3 N–H and O–H groups in total. The van der Waals surface area contributed by atoms with E-state index in [0.717, 1.165) is 28.6 Å². The minimum atomic E-state index is -0.252. The van der Waals surface area contributed by atoms with Crippen LogP contribution in [0.5, 0.6) is 0 Å². The van der Waals surface area contributed by atoms with Gasteiger partial charge in [-0.2, -0.15) is 11.8 Å². The summed E-state index contributed by atoms with van der Waals surface area (Å²) in [6.45, 7) is 0. The van der Waals surface area contributed by atoms with Crippen LogP contribution in [-0.2, 0) is 0 Å². The van der Waals surface area contributed by atoms with Crippen molar-refractivity contribution in [1.82, 2.24) is 14.9 Å². The van der Waals surface area contributed by atoms with E-state index in [0.29, 0.717) is 5.82 Å². The van der Waals surface area contributed by atoms with Gasteiger partial charge in [0.1, 0.15) is 5.82 Å². The van der Waals surface area contributed by atoms with Crippen molar-refractivity contribution in [2.45, 2.75) is 17.6 Å². The highest BCUT2D eigenvalue weighted by atomic mass is 32.2. The van der Waals surface area contributed by atoms with Gasteiger partial charge in [0.2, 0.25) is 5.16 Å². The third-order valence-electron chi connectivity index (χ3n) is 3.29. The van der Waals surface area contributed by atoms with Crippen LogP contribution in [0.2, 0.25) is 0 Å². The molecule has 0 spiro atoms. The summed E-state index contributed by atoms with van der Waals surface area (Å²) in [4.78, 5) is 0. The molecule has 0 unspecified atom stereocenters. The van der Waals surface area contributed by atoms with Crippen LogP contribution in [0.1, 0.15) is 23.9 Å². The second-order valence-corrected chi connectivity index (χ2v) is 6.65. The molecule has 0 saturated carbocycles. The Morgan fingerprint density at radius 3 is 2.86 bits per heavy atom. The number of rotatable bonds is 5. The lowest BCUT2D eigenvalue weighted by Crippen LogP contribution is -2.24. The number of fused-ring (bicyclic) bond motifs is 1. The van der Waals surface area contributed by atoms with Crippen molar-refractivity contribution < 1.29 is 4.39 Å². The molecule has 2 heterocycles. The highest BCUT2D eigenvalue weighted by molar-refractivity contribution is 8.02. The summed E-state index contributed by atoms with van der Waals surface area (Å²) in [7, 11) is 0. The molecule has 1 aromatic carbocycles. The molecule has 1 atom stereocenters. The van der Waals surface area contributed by atoms with Crippen molar-refractivity contribution >= 4 is 29.2 Å². The van der Waals surface area contributed by atoms with Gasteiger partial charge in [-0.1, -0.05) is 11.8 Å². The summed E-state index contributed by atoms with van der Waals surface area (Å²) in [5.41, 5.74) is 11.2. The fourth-order valence-electron chi connectivity index (χ4n) is 2.10. The van der Waals surface area contributed by atoms with E-state index in [2.05, 4.69) is 21.9 Å². The van der Waals surface area contributed by atoms with E-state index in [1.165, 1.54) is 23.9 Å². The Kier molecular flexibility index (Phi) is 4.70. The maximum absolute atomic E-state index is 13.0. The Labute approximate surface area is 136 Å². The van der Waals surface area contributed by atoms with Crippen LogP contribution in [0, 0.1) is 5.82 Å². The van der Waals surface area contributed by atoms with E-state index >= 15 is 0 Å². The standard InChI is InChI=1S/C14H16FN5S2/c1-21-7-6-11(16)13-17-18-14-20(13)19-12(8-22-14)9-2-4-10(15)5-3-9/h2-5,8,11,19H,6-7,16H2,1H3/t11-/m0/s1. The highest BCUT2D eigenvalue weighted by Gasteiger charge is 2.22. The molecule has 8 heteroatoms. The van der Waals surface area contributed by atoms with Crippen LogP contribution < -0.4 is 11.2 Å². The third kappa shape index (κ3) is 3.13. The van der Waals surface area contributed by atoms with Crippen LogP contribution in [0.25, 0.3) is 5.70 Å². The van der Waals surface area contributed by atoms with Crippen molar-refractivity contribution in [2.24, 2.45) is 5.73 Å². The molecule has 0 aliphatic carbocycles. The average molecular weight is 337 g/mol. The maximum atomic E-state index is 13.0. The smallest absolute Gasteiger partial charge is 0.214 e. The Bertz CT molecular complexity index is 683. The number of nitrogens with one attached hydrogen (secondary N) is 1. The molecule has 0 bridgehead atoms. The molecule has 1 aromatic heterocycles. The molecule has 3 rings (SSSR count). The summed E-state index contributed by atoms with van der Waals surface area (Å²) in [5.74, 6) is 1.43. The van der Waals surface area contributed by atoms with Crippen molar-refractivity contribution in [2.75, 3.05) is 17.4 Å². The van der Waals surface area contributed by atoms with Crippen molar-refractivity contribution in [3.63, 3.8) is 0 Å². The zero-order chi connectivity index (χ0) is 15.5. The van der Waals surface area contributed by atoms with Crippen LogP contribution in [0.4, 0.5) is 4.39 Å². The van der Waals surface area contributed by atoms with Gasteiger partial charge < -0.3 is 5.73 Å². The van der Waals surface area contributed by atoms with Crippen LogP contribution in [0.3, 0.4) is 0 Å². The van der Waals surface area contributed by atoms with Crippen molar-refractivity contribution in [3.8, 4) is 0 Å². The molecule has 5 nitrogen and oxygen atoms in total. The zero-order valence-electron chi connectivity index (χ0n) is 12.0. The lowest BCUT2D eigenvalue weighted by atomic mass is 10.2. The average Bonchev–Trinajstić information content (AvgIpc) is 2.96. The Morgan fingerprint density at radius 2 is 2.14 bits per heavy atom. The normalized spacial score (nSPS) is 15.0. The molecular weight excluding hydrogens is 321 g/mol. The first-order valence-electron chi connectivity index (χ1n) is 6.78. The quantitative estimate of drug-likeness (QED) is 0.874. The van der Waals surface area contributed by atoms with E-state index in [1.54, 1.807) is 23.9 Å². The van der Waals surface area contributed by atoms with Crippen molar-refractivity contribution in [3.05, 3.63) is 46.9 Å². The summed E-state index contributed by atoms with van der Waals surface area (Å²) in [6.07, 6.45) is 2.89. The predicted octanol–water partition coefficient (Wildman–Crippen LogP) is 2.82. The molecule has 0 amide bonds. The highest BCUT2D eigenvalue weighted by Crippen LogP contribution is 2.30. The summed E-state index contributed by atoms with van der Waals surface area (Å²) in [6, 6.07) is 6.17. The molecule has 0 saturated heterocycles. The van der Waals surface area contributed by atoms with Gasteiger partial charge >= 0.3 is 0 Å². The lowest BCUT2D eigenvalue weighted by Gasteiger charge is -2.20. The van der Waals surface area contributed by atoms with Gasteiger partial charge in [-0.05, 0) is 42.7 Å². The monoisotopic (exact) mass is 337 g/mol. The fraction of sp³-hybridized carbons (Fsp3) is 0.286. The lowest BCUT2D eigenvalue weighted by molar-refractivity contribution is 0.617. The van der Waals surface area contributed by atoms with Gasteiger partial charge in [-0.15, -0.1) is 10.2 Å². The number of thioether (sulfide) groups is 2. The molecule has 1 aliphatic heterocycles. The summed E-state index contributed by atoms with van der Waals surface area (Å²) >= 11 is 3.22. The van der Waals surface area contributed by atoms with Gasteiger partial charge in [0.25, 0.3) is 0 Å². The SMILES string of the molecule is CSCC[C@H](N)c1nnc2n1NC(c1ccc(F)cc1)=CS2. The first-order chi connectivity index (χ1) is 10.7. The molecule has 1 aliphatic rings. The van der Waals surface area contributed by atoms with E-state index in [4.69, 9.17) is 5.73 Å². The number of aromatic nitrogens is 3. The topological polar surface area (TPSA) is 68.8 Å². The molecule has 0 fully saturated rings. The third-order valence-corrected chi connectivity index (χ3v) is 4.77. The van der Waals surface area contributed by atoms with Gasteiger partial charge in [-0.3, -0.25) is 5.43 Å². The summed E-state index contributed by atoms with van der Waals surface area (Å²) in [5, 5.41) is 11.0. The summed E-state index contributed by atoms with van der Waals surface area (Å²) < 4.78 is 14.9. The Balaban J connectivity index is 1.82. The molecule has 0 radical (unpaired) electrons. The first kappa shape index (κ1) is 15.4. The first-order valence-corrected chi connectivity index (χ1v) is 9.06. The maximum Gasteiger partial charge on any atom is 0.214 e. The minimum Gasteiger partial charge on any atom is -0.321 e.